The van der Waals surface area contributed by atoms with Gasteiger partial charge in [0.1, 0.15) is 16.2 Å². The molecule has 0 atom stereocenters. The first kappa shape index (κ1) is 22.8. The number of hydrogen-bond donors (Lipinski definition) is 1. The predicted octanol–water partition coefficient (Wildman–Crippen LogP) is 5.12. The second-order valence-corrected chi connectivity index (χ2v) is 10.3. The van der Waals surface area contributed by atoms with E-state index in [1.807, 2.05) is 32.0 Å². The molecule has 32 heavy (non-hydrogen) atoms. The molecule has 0 saturated heterocycles. The number of ether oxygens (including phenoxy) is 1. The molecule has 0 saturated carbocycles. The highest BCUT2D eigenvalue weighted by Crippen LogP contribution is 2.38. The molecule has 0 fully saturated rings. The third kappa shape index (κ3) is 4.15. The van der Waals surface area contributed by atoms with Crippen molar-refractivity contribution >= 4 is 61.1 Å². The fourth-order valence-corrected chi connectivity index (χ4v) is 5.78. The molecule has 168 valence electrons. The van der Waals surface area contributed by atoms with Crippen LogP contribution in [-0.4, -0.2) is 35.7 Å². The van der Waals surface area contributed by atoms with Crippen LogP contribution in [0.4, 0.5) is 5.82 Å². The third-order valence-electron chi connectivity index (χ3n) is 4.98. The molecule has 2 heterocycles. The molecule has 0 bridgehead atoms. The van der Waals surface area contributed by atoms with Gasteiger partial charge in [0.2, 0.25) is 9.84 Å². The molecule has 0 radical (unpaired) electrons. The summed E-state index contributed by atoms with van der Waals surface area (Å²) in [4.78, 5) is 9.03. The number of rotatable bonds is 7. The highest BCUT2D eigenvalue weighted by Gasteiger charge is 2.31. The van der Waals surface area contributed by atoms with Crippen LogP contribution in [0.3, 0.4) is 0 Å². The summed E-state index contributed by atoms with van der Waals surface area (Å²) in [5.74, 6) is 0.0518. The van der Waals surface area contributed by atoms with Crippen molar-refractivity contribution in [2.45, 2.75) is 42.7 Å². The van der Waals surface area contributed by atoms with Crippen molar-refractivity contribution in [2.24, 2.45) is 0 Å². The number of anilines is 1. The Morgan fingerprint density at radius 3 is 2.47 bits per heavy atom. The highest BCUT2D eigenvalue weighted by molar-refractivity contribution is 7.92. The van der Waals surface area contributed by atoms with E-state index < -0.39 is 9.84 Å². The maximum Gasteiger partial charge on any atom is 0.213 e. The average molecular weight is 493 g/mol. The van der Waals surface area contributed by atoms with Gasteiger partial charge in [-0.25, -0.2) is 18.4 Å². The zero-order chi connectivity index (χ0) is 23.0. The zero-order valence-corrected chi connectivity index (χ0v) is 19.9. The summed E-state index contributed by atoms with van der Waals surface area (Å²) in [6.45, 7) is 4.83. The van der Waals surface area contributed by atoms with Crippen molar-refractivity contribution in [1.82, 2.24) is 14.5 Å². The molecule has 0 aliphatic carbocycles. The summed E-state index contributed by atoms with van der Waals surface area (Å²) in [7, 11) is -4.14. The molecular formula is C22H22Cl2N4O3S. The Balaban J connectivity index is 1.94. The molecular weight excluding hydrogens is 471 g/mol. The minimum Gasteiger partial charge on any atom is -0.384 e. The predicted molar refractivity (Wildman–Crippen MR) is 127 cm³/mol. The molecule has 0 aliphatic heterocycles. The van der Waals surface area contributed by atoms with Gasteiger partial charge in [-0.1, -0.05) is 35.3 Å². The number of sulfone groups is 1. The van der Waals surface area contributed by atoms with Crippen molar-refractivity contribution in [3.8, 4) is 0 Å². The standard InChI is InChI=1S/C22H22Cl2N4O3S/c1-13(2)31-11-5-10-28-21(25)20(32(29,30)18-12-14(23)8-9-15(18)24)19-22(28)27-17-7-4-3-6-16(17)26-19/h3-4,6-9,12-13H,5,10-11,25H2,1-2H3. The molecule has 10 heteroatoms. The van der Waals surface area contributed by atoms with Crippen LogP contribution in [0.15, 0.2) is 52.3 Å². The van der Waals surface area contributed by atoms with Crippen molar-refractivity contribution in [2.75, 3.05) is 12.3 Å². The number of fused-ring (bicyclic) bond motifs is 2. The fourth-order valence-electron chi connectivity index (χ4n) is 3.52. The maximum absolute atomic E-state index is 13.7. The Morgan fingerprint density at radius 1 is 1.09 bits per heavy atom. The largest absolute Gasteiger partial charge is 0.384 e. The van der Waals surface area contributed by atoms with E-state index in [2.05, 4.69) is 9.97 Å². The number of nitrogen functional groups attached to an aromatic ring is 1. The van der Waals surface area contributed by atoms with E-state index in [0.717, 1.165) is 0 Å². The number of aromatic nitrogens is 3. The van der Waals surface area contributed by atoms with Gasteiger partial charge in [-0.05, 0) is 50.6 Å². The Hall–Kier alpha value is -2.39. The van der Waals surface area contributed by atoms with Gasteiger partial charge in [0.05, 0.1) is 27.1 Å². The number of halogens is 2. The lowest BCUT2D eigenvalue weighted by Crippen LogP contribution is -2.11. The molecule has 2 N–H and O–H groups in total. The SMILES string of the molecule is CC(C)OCCCn1c(N)c(S(=O)(=O)c2cc(Cl)ccc2Cl)c2nc3ccccc3nc21. The summed E-state index contributed by atoms with van der Waals surface area (Å²) in [5, 5.41) is 0.298. The number of benzene rings is 2. The van der Waals surface area contributed by atoms with E-state index in [4.69, 9.17) is 33.7 Å². The Morgan fingerprint density at radius 2 is 1.78 bits per heavy atom. The topological polar surface area (TPSA) is 100 Å². The number of nitrogens with two attached hydrogens (primary N) is 1. The van der Waals surface area contributed by atoms with Gasteiger partial charge in [-0.3, -0.25) is 0 Å². The van der Waals surface area contributed by atoms with Crippen molar-refractivity contribution in [3.05, 3.63) is 52.5 Å². The van der Waals surface area contributed by atoms with Gasteiger partial charge in [0.15, 0.2) is 5.65 Å². The molecule has 4 aromatic rings. The van der Waals surface area contributed by atoms with Crippen LogP contribution in [0.2, 0.25) is 10.0 Å². The summed E-state index contributed by atoms with van der Waals surface area (Å²) < 4.78 is 34.7. The van der Waals surface area contributed by atoms with Crippen molar-refractivity contribution in [1.29, 1.82) is 0 Å². The van der Waals surface area contributed by atoms with Gasteiger partial charge in [-0.15, -0.1) is 0 Å². The lowest BCUT2D eigenvalue weighted by atomic mass is 10.3. The van der Waals surface area contributed by atoms with Crippen molar-refractivity contribution in [3.63, 3.8) is 0 Å². The first-order chi connectivity index (χ1) is 15.2. The van der Waals surface area contributed by atoms with Crippen LogP contribution in [-0.2, 0) is 21.1 Å². The molecule has 0 amide bonds. The summed E-state index contributed by atoms with van der Waals surface area (Å²) in [6.07, 6.45) is 0.719. The first-order valence-corrected chi connectivity index (χ1v) is 12.3. The second kappa shape index (κ2) is 8.86. The van der Waals surface area contributed by atoms with Gasteiger partial charge < -0.3 is 15.0 Å². The van der Waals surface area contributed by atoms with Crippen LogP contribution in [0.25, 0.3) is 22.2 Å². The van der Waals surface area contributed by atoms with Crippen LogP contribution in [0.1, 0.15) is 20.3 Å². The number of nitrogens with zero attached hydrogens (tertiary/aromatic N) is 3. The summed E-state index contributed by atoms with van der Waals surface area (Å²) in [6, 6.07) is 11.5. The van der Waals surface area contributed by atoms with Gasteiger partial charge >= 0.3 is 0 Å². The molecule has 4 rings (SSSR count). The van der Waals surface area contributed by atoms with E-state index in [9.17, 15) is 8.42 Å². The van der Waals surface area contributed by atoms with Crippen LogP contribution >= 0.6 is 23.2 Å². The van der Waals surface area contributed by atoms with Crippen LogP contribution in [0, 0.1) is 0 Å². The van der Waals surface area contributed by atoms with E-state index in [1.54, 1.807) is 10.6 Å². The van der Waals surface area contributed by atoms with Gasteiger partial charge in [0, 0.05) is 18.2 Å². The normalized spacial score (nSPS) is 12.3. The van der Waals surface area contributed by atoms with Gasteiger partial charge in [0.25, 0.3) is 0 Å². The maximum atomic E-state index is 13.7. The lowest BCUT2D eigenvalue weighted by molar-refractivity contribution is 0.0751. The van der Waals surface area contributed by atoms with Crippen molar-refractivity contribution < 1.29 is 13.2 Å². The minimum atomic E-state index is -4.14. The zero-order valence-electron chi connectivity index (χ0n) is 17.5. The van der Waals surface area contributed by atoms with Crippen LogP contribution in [0.5, 0.6) is 0 Å². The quantitative estimate of drug-likeness (QED) is 0.359. The Kier molecular flexibility index (Phi) is 6.31. The molecule has 0 aliphatic rings. The number of hydrogen-bond acceptors (Lipinski definition) is 6. The monoisotopic (exact) mass is 492 g/mol. The van der Waals surface area contributed by atoms with Crippen LogP contribution < -0.4 is 5.73 Å². The number of aryl methyl sites for hydroxylation is 1. The Bertz CT molecular complexity index is 1420. The first-order valence-electron chi connectivity index (χ1n) is 10.1. The fraction of sp³-hybridized carbons (Fsp3) is 0.273. The molecule has 0 spiro atoms. The molecule has 2 aromatic heterocycles. The molecule has 2 aromatic carbocycles. The van der Waals surface area contributed by atoms with E-state index in [1.165, 1.54) is 18.2 Å². The summed E-state index contributed by atoms with van der Waals surface area (Å²) in [5.41, 5.74) is 8.21. The van der Waals surface area contributed by atoms with E-state index in [0.29, 0.717) is 36.3 Å². The Labute approximate surface area is 196 Å². The summed E-state index contributed by atoms with van der Waals surface area (Å²) >= 11 is 12.3. The van der Waals surface area contributed by atoms with E-state index in [-0.39, 0.29) is 37.3 Å². The lowest BCUT2D eigenvalue weighted by Gasteiger charge is -2.10. The molecule has 0 unspecified atom stereocenters. The van der Waals surface area contributed by atoms with E-state index >= 15 is 0 Å². The van der Waals surface area contributed by atoms with Gasteiger partial charge in [-0.2, -0.15) is 0 Å². The average Bonchev–Trinajstić information content (AvgIpc) is 3.02. The number of para-hydroxylation sites is 2. The minimum absolute atomic E-state index is 0.0498. The molecule has 7 nitrogen and oxygen atoms in total. The second-order valence-electron chi connectivity index (χ2n) is 7.60. The smallest absolute Gasteiger partial charge is 0.213 e. The highest BCUT2D eigenvalue weighted by atomic mass is 35.5. The third-order valence-corrected chi connectivity index (χ3v) is 7.51.